The monoisotopic (exact) mass is 286 g/mol. The zero-order valence-electron chi connectivity index (χ0n) is 10.9. The highest BCUT2D eigenvalue weighted by Crippen LogP contribution is 2.37. The molecule has 0 unspecified atom stereocenters. The number of carbonyl (C=O) groups excluding carboxylic acids is 1. The molecule has 1 amide bonds. The van der Waals surface area contributed by atoms with E-state index < -0.39 is 17.6 Å². The third-order valence-corrected chi connectivity index (χ3v) is 3.70. The molecule has 1 aromatic rings. The molecule has 20 heavy (non-hydrogen) atoms. The number of rotatable bonds is 4. The largest absolute Gasteiger partial charge is 0.416 e. The lowest BCUT2D eigenvalue weighted by atomic mass is 9.92. The lowest BCUT2D eigenvalue weighted by Gasteiger charge is -2.21. The molecule has 1 aliphatic carbocycles. The van der Waals surface area contributed by atoms with Crippen molar-refractivity contribution in [2.75, 3.05) is 6.54 Å². The van der Waals surface area contributed by atoms with E-state index in [2.05, 4.69) is 5.32 Å². The van der Waals surface area contributed by atoms with E-state index in [4.69, 9.17) is 5.73 Å². The van der Waals surface area contributed by atoms with Crippen molar-refractivity contribution >= 4 is 5.91 Å². The third kappa shape index (κ3) is 3.50. The average Bonchev–Trinajstić information content (AvgIpc) is 2.83. The van der Waals surface area contributed by atoms with Gasteiger partial charge in [-0.05, 0) is 30.4 Å². The number of halogens is 3. The minimum atomic E-state index is -4.33. The van der Waals surface area contributed by atoms with E-state index in [9.17, 15) is 18.0 Å². The molecule has 0 bridgehead atoms. The Hall–Kier alpha value is -1.56. The zero-order valence-corrected chi connectivity index (χ0v) is 10.9. The molecule has 0 radical (unpaired) electrons. The van der Waals surface area contributed by atoms with Crippen molar-refractivity contribution in [1.82, 2.24) is 5.32 Å². The van der Waals surface area contributed by atoms with Gasteiger partial charge in [0.1, 0.15) is 0 Å². The molecule has 0 saturated heterocycles. The van der Waals surface area contributed by atoms with Crippen LogP contribution in [0.15, 0.2) is 24.3 Å². The second-order valence-corrected chi connectivity index (χ2v) is 5.11. The molecule has 110 valence electrons. The summed E-state index contributed by atoms with van der Waals surface area (Å²) in [6.07, 6.45) is -1.74. The number of primary amides is 1. The first-order chi connectivity index (χ1) is 9.38. The standard InChI is InChI=1S/C14H17F3N2O/c15-14(16,17)10-4-1-3-9(7-10)11-5-2-6-12(11)19-8-13(18)20/h1,3-4,7,11-12,19H,2,5-6,8H2,(H2,18,20)/t11-,12-/m0/s1. The van der Waals surface area contributed by atoms with Gasteiger partial charge in [0.2, 0.25) is 5.91 Å². The van der Waals surface area contributed by atoms with Gasteiger partial charge in [0.15, 0.2) is 0 Å². The fraction of sp³-hybridized carbons (Fsp3) is 0.500. The number of hydrogen-bond donors (Lipinski definition) is 2. The van der Waals surface area contributed by atoms with Crippen LogP contribution in [0.4, 0.5) is 13.2 Å². The van der Waals surface area contributed by atoms with E-state index in [0.29, 0.717) is 5.56 Å². The Labute approximate surface area is 115 Å². The van der Waals surface area contributed by atoms with Crippen LogP contribution in [-0.2, 0) is 11.0 Å². The lowest BCUT2D eigenvalue weighted by molar-refractivity contribution is -0.137. The molecule has 0 aromatic heterocycles. The van der Waals surface area contributed by atoms with E-state index in [1.807, 2.05) is 0 Å². The lowest BCUT2D eigenvalue weighted by Crippen LogP contribution is -2.37. The topological polar surface area (TPSA) is 55.1 Å². The predicted octanol–water partition coefficient (Wildman–Crippen LogP) is 2.42. The number of nitrogens with one attached hydrogen (secondary N) is 1. The van der Waals surface area contributed by atoms with Crippen molar-refractivity contribution in [3.63, 3.8) is 0 Å². The van der Waals surface area contributed by atoms with Crippen LogP contribution in [0.3, 0.4) is 0 Å². The number of benzene rings is 1. The normalized spacial score (nSPS) is 22.9. The van der Waals surface area contributed by atoms with Crippen LogP contribution in [-0.4, -0.2) is 18.5 Å². The van der Waals surface area contributed by atoms with Crippen molar-refractivity contribution in [3.05, 3.63) is 35.4 Å². The zero-order chi connectivity index (χ0) is 14.8. The van der Waals surface area contributed by atoms with Gasteiger partial charge in [-0.1, -0.05) is 24.6 Å². The number of hydrogen-bond acceptors (Lipinski definition) is 2. The van der Waals surface area contributed by atoms with E-state index in [1.54, 1.807) is 6.07 Å². The summed E-state index contributed by atoms with van der Waals surface area (Å²) < 4.78 is 38.2. The second kappa shape index (κ2) is 5.83. The number of amides is 1. The molecule has 1 aliphatic rings. The summed E-state index contributed by atoms with van der Waals surface area (Å²) in [6, 6.07) is 5.43. The predicted molar refractivity (Wildman–Crippen MR) is 69.0 cm³/mol. The molecule has 2 rings (SSSR count). The molecule has 1 aromatic carbocycles. The van der Waals surface area contributed by atoms with Gasteiger partial charge in [0, 0.05) is 6.04 Å². The van der Waals surface area contributed by atoms with Crippen LogP contribution < -0.4 is 11.1 Å². The highest BCUT2D eigenvalue weighted by molar-refractivity contribution is 5.75. The van der Waals surface area contributed by atoms with Gasteiger partial charge < -0.3 is 11.1 Å². The molecule has 3 nitrogen and oxygen atoms in total. The summed E-state index contributed by atoms with van der Waals surface area (Å²) in [5.74, 6) is -0.462. The second-order valence-electron chi connectivity index (χ2n) is 5.11. The molecular weight excluding hydrogens is 269 g/mol. The molecule has 0 spiro atoms. The van der Waals surface area contributed by atoms with Gasteiger partial charge in [0.25, 0.3) is 0 Å². The fourth-order valence-corrected chi connectivity index (χ4v) is 2.78. The van der Waals surface area contributed by atoms with Gasteiger partial charge in [-0.25, -0.2) is 0 Å². The quantitative estimate of drug-likeness (QED) is 0.893. The molecular formula is C14H17F3N2O. The summed E-state index contributed by atoms with van der Waals surface area (Å²) in [5.41, 5.74) is 5.12. The van der Waals surface area contributed by atoms with E-state index in [1.165, 1.54) is 12.1 Å². The average molecular weight is 286 g/mol. The minimum Gasteiger partial charge on any atom is -0.369 e. The highest BCUT2D eigenvalue weighted by atomic mass is 19.4. The van der Waals surface area contributed by atoms with Gasteiger partial charge in [0.05, 0.1) is 12.1 Å². The molecule has 3 N–H and O–H groups in total. The first-order valence-corrected chi connectivity index (χ1v) is 6.57. The Kier molecular flexibility index (Phi) is 4.32. The molecule has 6 heteroatoms. The Bertz CT molecular complexity index is 488. The number of nitrogens with two attached hydrogens (primary N) is 1. The maximum Gasteiger partial charge on any atom is 0.416 e. The molecule has 1 saturated carbocycles. The summed E-state index contributed by atoms with van der Waals surface area (Å²) in [5, 5.41) is 3.03. The van der Waals surface area contributed by atoms with Crippen molar-refractivity contribution in [2.24, 2.45) is 5.73 Å². The Balaban J connectivity index is 2.15. The Morgan fingerprint density at radius 2 is 2.10 bits per heavy atom. The third-order valence-electron chi connectivity index (χ3n) is 3.70. The molecule has 0 aliphatic heterocycles. The van der Waals surface area contributed by atoms with Crippen LogP contribution in [0.5, 0.6) is 0 Å². The van der Waals surface area contributed by atoms with Crippen LogP contribution in [0.2, 0.25) is 0 Å². The number of carbonyl (C=O) groups is 1. The van der Waals surface area contributed by atoms with Crippen LogP contribution in [0.25, 0.3) is 0 Å². The molecule has 0 heterocycles. The fourth-order valence-electron chi connectivity index (χ4n) is 2.78. The van der Waals surface area contributed by atoms with Gasteiger partial charge >= 0.3 is 6.18 Å². The van der Waals surface area contributed by atoms with E-state index in [0.717, 1.165) is 25.3 Å². The van der Waals surface area contributed by atoms with Crippen molar-refractivity contribution in [1.29, 1.82) is 0 Å². The summed E-state index contributed by atoms with van der Waals surface area (Å²) >= 11 is 0. The van der Waals surface area contributed by atoms with Gasteiger partial charge in [-0.15, -0.1) is 0 Å². The number of alkyl halides is 3. The minimum absolute atomic E-state index is 0.00310. The summed E-state index contributed by atoms with van der Waals surface area (Å²) in [7, 11) is 0. The van der Waals surface area contributed by atoms with E-state index >= 15 is 0 Å². The molecule has 2 atom stereocenters. The molecule has 1 fully saturated rings. The van der Waals surface area contributed by atoms with Gasteiger partial charge in [-0.3, -0.25) is 4.79 Å². The maximum absolute atomic E-state index is 12.7. The van der Waals surface area contributed by atoms with Gasteiger partial charge in [-0.2, -0.15) is 13.2 Å². The Morgan fingerprint density at radius 3 is 2.75 bits per heavy atom. The van der Waals surface area contributed by atoms with Crippen molar-refractivity contribution < 1.29 is 18.0 Å². The maximum atomic E-state index is 12.7. The van der Waals surface area contributed by atoms with Crippen molar-refractivity contribution in [2.45, 2.75) is 37.4 Å². The summed E-state index contributed by atoms with van der Waals surface area (Å²) in [6.45, 7) is 0.0557. The SMILES string of the molecule is NC(=O)CN[C@H]1CCC[C@H]1c1cccc(C(F)(F)F)c1. The smallest absolute Gasteiger partial charge is 0.369 e. The van der Waals surface area contributed by atoms with Crippen LogP contribution in [0, 0.1) is 0 Å². The first kappa shape index (κ1) is 14.8. The van der Waals surface area contributed by atoms with E-state index in [-0.39, 0.29) is 18.5 Å². The van der Waals surface area contributed by atoms with Crippen LogP contribution in [0.1, 0.15) is 36.3 Å². The van der Waals surface area contributed by atoms with Crippen LogP contribution >= 0.6 is 0 Å². The highest BCUT2D eigenvalue weighted by Gasteiger charge is 2.33. The summed E-state index contributed by atoms with van der Waals surface area (Å²) in [4.78, 5) is 10.8. The first-order valence-electron chi connectivity index (χ1n) is 6.57. The Morgan fingerprint density at radius 1 is 1.35 bits per heavy atom. The van der Waals surface area contributed by atoms with Crippen molar-refractivity contribution in [3.8, 4) is 0 Å².